The summed E-state index contributed by atoms with van der Waals surface area (Å²) in [5.41, 5.74) is 1.19. The van der Waals surface area contributed by atoms with Crippen LogP contribution >= 0.6 is 11.8 Å². The van der Waals surface area contributed by atoms with Crippen molar-refractivity contribution in [3.8, 4) is 0 Å². The molecule has 1 aromatic carbocycles. The van der Waals surface area contributed by atoms with E-state index in [0.717, 1.165) is 0 Å². The summed E-state index contributed by atoms with van der Waals surface area (Å²) in [7, 11) is 0. The molecular formula is C10H10OS. The van der Waals surface area contributed by atoms with Crippen molar-refractivity contribution >= 4 is 17.5 Å². The van der Waals surface area contributed by atoms with E-state index in [1.165, 1.54) is 10.5 Å². The Bertz CT molecular complexity index is 319. The first-order valence-electron chi connectivity index (χ1n) is 4.04. The van der Waals surface area contributed by atoms with Crippen LogP contribution in [0, 0.1) is 0 Å². The average Bonchev–Trinajstić information content (AvgIpc) is 2.07. The third-order valence-electron chi connectivity index (χ3n) is 2.09. The van der Waals surface area contributed by atoms with Gasteiger partial charge in [0.15, 0.2) is 0 Å². The van der Waals surface area contributed by atoms with Gasteiger partial charge in [-0.25, -0.2) is 0 Å². The molecule has 0 saturated carbocycles. The molecule has 0 saturated heterocycles. The summed E-state index contributed by atoms with van der Waals surface area (Å²) in [4.78, 5) is 12.6. The van der Waals surface area contributed by atoms with Gasteiger partial charge < -0.3 is 0 Å². The summed E-state index contributed by atoms with van der Waals surface area (Å²) in [6, 6.07) is 8.13. The number of hydrogen-bond donors (Lipinski definition) is 0. The van der Waals surface area contributed by atoms with Crippen molar-refractivity contribution in [2.24, 2.45) is 0 Å². The smallest absolute Gasteiger partial charge is 0.150 e. The highest BCUT2D eigenvalue weighted by atomic mass is 32.2. The molecule has 1 unspecified atom stereocenters. The van der Waals surface area contributed by atoms with E-state index in [2.05, 4.69) is 6.07 Å². The van der Waals surface area contributed by atoms with Gasteiger partial charge in [0.1, 0.15) is 5.78 Å². The van der Waals surface area contributed by atoms with E-state index in [9.17, 15) is 4.79 Å². The van der Waals surface area contributed by atoms with Gasteiger partial charge in [0, 0.05) is 11.3 Å². The van der Waals surface area contributed by atoms with Crippen molar-refractivity contribution in [1.82, 2.24) is 0 Å². The normalized spacial score (nSPS) is 22.1. The molecule has 0 spiro atoms. The minimum Gasteiger partial charge on any atom is -0.298 e. The van der Waals surface area contributed by atoms with Crippen LogP contribution in [-0.4, -0.2) is 11.0 Å². The van der Waals surface area contributed by atoms with Gasteiger partial charge in [0.2, 0.25) is 0 Å². The average molecular weight is 178 g/mol. The van der Waals surface area contributed by atoms with Crippen molar-refractivity contribution in [3.63, 3.8) is 0 Å². The predicted octanol–water partition coefficient (Wildman–Crippen LogP) is 2.29. The summed E-state index contributed by atoms with van der Waals surface area (Å²) < 4.78 is 0. The zero-order valence-corrected chi connectivity index (χ0v) is 7.73. The Balaban J connectivity index is 2.40. The summed E-state index contributed by atoms with van der Waals surface area (Å²) >= 11 is 1.67. The van der Waals surface area contributed by atoms with Crippen molar-refractivity contribution in [2.45, 2.75) is 23.5 Å². The second-order valence-electron chi connectivity index (χ2n) is 3.01. The Hall–Kier alpha value is -0.760. The Morgan fingerprint density at radius 3 is 3.00 bits per heavy atom. The standard InChI is InChI=1S/C10H10OS/c1-7-9(11)6-8-4-2-3-5-10(8)12-7/h2-5,7H,6H2,1H3. The highest BCUT2D eigenvalue weighted by Gasteiger charge is 2.22. The molecule has 1 nitrogen and oxygen atoms in total. The fourth-order valence-corrected chi connectivity index (χ4v) is 2.40. The number of carbonyl (C=O) groups is 1. The zero-order valence-electron chi connectivity index (χ0n) is 6.91. The van der Waals surface area contributed by atoms with Crippen molar-refractivity contribution in [2.75, 3.05) is 0 Å². The van der Waals surface area contributed by atoms with E-state index in [4.69, 9.17) is 0 Å². The SMILES string of the molecule is CC1Sc2ccccc2CC1=O. The first-order chi connectivity index (χ1) is 5.77. The fraction of sp³-hybridized carbons (Fsp3) is 0.300. The highest BCUT2D eigenvalue weighted by molar-refractivity contribution is 8.00. The second kappa shape index (κ2) is 2.94. The van der Waals surface area contributed by atoms with Gasteiger partial charge in [-0.05, 0) is 18.6 Å². The van der Waals surface area contributed by atoms with Gasteiger partial charge in [-0.3, -0.25) is 4.79 Å². The molecule has 1 aliphatic rings. The molecule has 1 aromatic rings. The maximum absolute atomic E-state index is 11.3. The molecular weight excluding hydrogens is 168 g/mol. The maximum atomic E-state index is 11.3. The number of thioether (sulfide) groups is 1. The monoisotopic (exact) mass is 178 g/mol. The Labute approximate surface area is 76.2 Å². The topological polar surface area (TPSA) is 17.1 Å². The molecule has 0 fully saturated rings. The molecule has 0 bridgehead atoms. The van der Waals surface area contributed by atoms with Gasteiger partial charge in [-0.2, -0.15) is 0 Å². The molecule has 0 radical (unpaired) electrons. The molecule has 0 amide bonds. The van der Waals surface area contributed by atoms with Gasteiger partial charge in [-0.15, -0.1) is 11.8 Å². The molecule has 12 heavy (non-hydrogen) atoms. The Morgan fingerprint density at radius 2 is 2.17 bits per heavy atom. The first kappa shape index (κ1) is 7.87. The molecule has 2 heteroatoms. The van der Waals surface area contributed by atoms with Gasteiger partial charge in [0.05, 0.1) is 5.25 Å². The van der Waals surface area contributed by atoms with Crippen LogP contribution in [0.25, 0.3) is 0 Å². The first-order valence-corrected chi connectivity index (χ1v) is 4.92. The maximum Gasteiger partial charge on any atom is 0.150 e. The minimum atomic E-state index is 0.139. The van der Waals surface area contributed by atoms with Crippen molar-refractivity contribution in [1.29, 1.82) is 0 Å². The molecule has 0 N–H and O–H groups in total. The van der Waals surface area contributed by atoms with Crippen molar-refractivity contribution in [3.05, 3.63) is 29.8 Å². The van der Waals surface area contributed by atoms with Gasteiger partial charge in [-0.1, -0.05) is 18.2 Å². The van der Waals surface area contributed by atoms with Gasteiger partial charge in [0.25, 0.3) is 0 Å². The van der Waals surface area contributed by atoms with Crippen LogP contribution in [-0.2, 0) is 11.2 Å². The lowest BCUT2D eigenvalue weighted by Crippen LogP contribution is -2.20. The third-order valence-corrected chi connectivity index (χ3v) is 3.36. The van der Waals surface area contributed by atoms with Crippen LogP contribution < -0.4 is 0 Å². The van der Waals surface area contributed by atoms with E-state index in [1.54, 1.807) is 11.8 Å². The number of benzene rings is 1. The fourth-order valence-electron chi connectivity index (χ4n) is 1.35. The highest BCUT2D eigenvalue weighted by Crippen LogP contribution is 2.32. The minimum absolute atomic E-state index is 0.139. The van der Waals surface area contributed by atoms with Crippen LogP contribution in [0.3, 0.4) is 0 Å². The lowest BCUT2D eigenvalue weighted by Gasteiger charge is -2.19. The van der Waals surface area contributed by atoms with E-state index in [1.807, 2.05) is 25.1 Å². The largest absolute Gasteiger partial charge is 0.298 e. The van der Waals surface area contributed by atoms with Crippen LogP contribution in [0.5, 0.6) is 0 Å². The molecule has 1 aliphatic heterocycles. The summed E-state index contributed by atoms with van der Waals surface area (Å²) in [6.45, 7) is 1.98. The molecule has 1 atom stereocenters. The third kappa shape index (κ3) is 1.27. The predicted molar refractivity (Wildman–Crippen MR) is 50.5 cm³/mol. The van der Waals surface area contributed by atoms with E-state index in [-0.39, 0.29) is 5.25 Å². The van der Waals surface area contributed by atoms with Crippen molar-refractivity contribution < 1.29 is 4.79 Å². The van der Waals surface area contributed by atoms with E-state index in [0.29, 0.717) is 12.2 Å². The van der Waals surface area contributed by atoms with E-state index < -0.39 is 0 Å². The second-order valence-corrected chi connectivity index (χ2v) is 4.39. The van der Waals surface area contributed by atoms with Gasteiger partial charge >= 0.3 is 0 Å². The van der Waals surface area contributed by atoms with E-state index >= 15 is 0 Å². The number of carbonyl (C=O) groups excluding carboxylic acids is 1. The molecule has 62 valence electrons. The van der Waals surface area contributed by atoms with Crippen LogP contribution in [0.1, 0.15) is 12.5 Å². The lowest BCUT2D eigenvalue weighted by atomic mass is 10.1. The number of fused-ring (bicyclic) bond motifs is 1. The molecule has 1 heterocycles. The molecule has 0 aliphatic carbocycles. The number of ketones is 1. The van der Waals surface area contributed by atoms with Crippen LogP contribution in [0.15, 0.2) is 29.2 Å². The number of Topliss-reactive ketones (excluding diaryl/α,β-unsaturated/α-hetero) is 1. The lowest BCUT2D eigenvalue weighted by molar-refractivity contribution is -0.117. The summed E-state index contributed by atoms with van der Waals surface area (Å²) in [5, 5.41) is 0.139. The molecule has 2 rings (SSSR count). The summed E-state index contributed by atoms with van der Waals surface area (Å²) in [5.74, 6) is 0.346. The van der Waals surface area contributed by atoms with Crippen LogP contribution in [0.4, 0.5) is 0 Å². The summed E-state index contributed by atoms with van der Waals surface area (Å²) in [6.07, 6.45) is 0.615. The number of rotatable bonds is 0. The molecule has 0 aromatic heterocycles. The quantitative estimate of drug-likeness (QED) is 0.606. The number of hydrogen-bond acceptors (Lipinski definition) is 2. The Kier molecular flexibility index (Phi) is 1.93. The Morgan fingerprint density at radius 1 is 1.42 bits per heavy atom. The van der Waals surface area contributed by atoms with Crippen LogP contribution in [0.2, 0.25) is 0 Å². The zero-order chi connectivity index (χ0) is 8.55.